The Morgan fingerprint density at radius 1 is 0.788 bits per heavy atom. The molecule has 0 fully saturated rings. The van der Waals surface area contributed by atoms with Crippen LogP contribution in [0.4, 0.5) is 0 Å². The molecule has 0 aromatic heterocycles. The second kappa shape index (κ2) is 10.3. The van der Waals surface area contributed by atoms with Gasteiger partial charge in [-0.2, -0.15) is 0 Å². The first kappa shape index (κ1) is 28.8. The van der Waals surface area contributed by atoms with E-state index in [9.17, 15) is 0 Å². The van der Waals surface area contributed by atoms with Crippen LogP contribution < -0.4 is 24.8 Å². The van der Waals surface area contributed by atoms with Crippen molar-refractivity contribution < 1.29 is 45.2 Å². The summed E-state index contributed by atoms with van der Waals surface area (Å²) >= 11 is -1.92. The molecule has 0 atom stereocenters. The summed E-state index contributed by atoms with van der Waals surface area (Å²) in [5.74, 6) is 0. The van der Waals surface area contributed by atoms with Crippen molar-refractivity contribution in [2.24, 2.45) is 0 Å². The first-order chi connectivity index (χ1) is 14.4. The van der Waals surface area contributed by atoms with E-state index in [2.05, 4.69) is 110 Å². The van der Waals surface area contributed by atoms with Gasteiger partial charge in [-0.05, 0) is 0 Å². The van der Waals surface area contributed by atoms with Gasteiger partial charge in [0.2, 0.25) is 0 Å². The second-order valence-corrected chi connectivity index (χ2v) is 29.2. The quantitative estimate of drug-likeness (QED) is 0.482. The van der Waals surface area contributed by atoms with Crippen LogP contribution in [0.5, 0.6) is 0 Å². The van der Waals surface area contributed by atoms with Crippen LogP contribution in [0.3, 0.4) is 0 Å². The number of halogens is 2. The minimum atomic E-state index is -1.92. The molecule has 0 heterocycles. The molecule has 0 nitrogen and oxygen atoms in total. The Morgan fingerprint density at radius 3 is 1.58 bits per heavy atom. The van der Waals surface area contributed by atoms with Gasteiger partial charge in [-0.25, -0.2) is 0 Å². The first-order valence-electron chi connectivity index (χ1n) is 11.7. The van der Waals surface area contributed by atoms with Gasteiger partial charge in [-0.3, -0.25) is 0 Å². The van der Waals surface area contributed by atoms with Crippen LogP contribution in [-0.2, 0) is 31.2 Å². The normalized spacial score (nSPS) is 14.8. The maximum Gasteiger partial charge on any atom is -1.00 e. The van der Waals surface area contributed by atoms with Gasteiger partial charge < -0.3 is 24.8 Å². The van der Waals surface area contributed by atoms with E-state index in [-0.39, 0.29) is 41.1 Å². The maximum absolute atomic E-state index is 2.61. The standard InChI is InChI=1S/C21H25.C6H7.C2H6Si.2ClH.Zr/c1-20(2,3)16-7-9-18-14(12-16)11-15-13-17(21(4,5)6)8-10-19(15)18;1-6-4-2-3-5-6;1-3-2;;;/h7-13H,1-6H3;2,4H,3H2,1H3;1-2H3;2*1H;/q;;;;;+2/p-2. The molecular formula is C29H38Cl2SiZr. The van der Waals surface area contributed by atoms with Crippen molar-refractivity contribution in [3.05, 3.63) is 79.7 Å². The number of benzene rings is 2. The van der Waals surface area contributed by atoms with Crippen LogP contribution in [-0.4, -0.2) is 5.43 Å². The van der Waals surface area contributed by atoms with E-state index in [0.29, 0.717) is 3.63 Å². The van der Waals surface area contributed by atoms with Crippen molar-refractivity contribution >= 4 is 5.43 Å². The molecule has 0 saturated carbocycles. The molecule has 0 unspecified atom stereocenters. The predicted octanol–water partition coefficient (Wildman–Crippen LogP) is 2.46. The SMILES string of the molecule is CC1=[C]([Zr+2]([CH]2c3cc(C(C)(C)C)ccc3-c3ccc(C(C)(C)C)cc32)=[Si](C)C)CC=C1.[Cl-].[Cl-]. The molecule has 4 heteroatoms. The van der Waals surface area contributed by atoms with E-state index in [1.807, 2.05) is 3.28 Å². The summed E-state index contributed by atoms with van der Waals surface area (Å²) < 4.78 is 2.55. The molecule has 0 N–H and O–H groups in total. The van der Waals surface area contributed by atoms with E-state index in [1.165, 1.54) is 28.7 Å². The van der Waals surface area contributed by atoms with Gasteiger partial charge in [0.1, 0.15) is 0 Å². The number of allylic oxidation sites excluding steroid dienone is 4. The molecule has 2 aromatic rings. The van der Waals surface area contributed by atoms with Crippen LogP contribution in [0.2, 0.25) is 13.1 Å². The third kappa shape index (κ3) is 5.40. The zero-order chi connectivity index (χ0) is 22.7. The number of hydrogen-bond donors (Lipinski definition) is 0. The molecule has 2 aliphatic carbocycles. The topological polar surface area (TPSA) is 0 Å². The van der Waals surface area contributed by atoms with Gasteiger partial charge in [0.25, 0.3) is 0 Å². The molecule has 33 heavy (non-hydrogen) atoms. The molecule has 0 spiro atoms. The monoisotopic (exact) mass is 574 g/mol. The third-order valence-corrected chi connectivity index (χ3v) is 25.6. The molecule has 0 bridgehead atoms. The van der Waals surface area contributed by atoms with Crippen molar-refractivity contribution in [1.29, 1.82) is 0 Å². The molecule has 176 valence electrons. The van der Waals surface area contributed by atoms with Crippen LogP contribution in [0.15, 0.2) is 57.4 Å². The zero-order valence-corrected chi connectivity index (χ0v) is 26.6. The van der Waals surface area contributed by atoms with Gasteiger partial charge in [-0.15, -0.1) is 0 Å². The summed E-state index contributed by atoms with van der Waals surface area (Å²) in [6.45, 7) is 21.7. The largest absolute Gasteiger partial charge is 1.00 e. The molecule has 4 rings (SSSR count). The van der Waals surface area contributed by atoms with E-state index in [4.69, 9.17) is 0 Å². The van der Waals surface area contributed by atoms with Gasteiger partial charge in [0, 0.05) is 0 Å². The number of hydrogen-bond acceptors (Lipinski definition) is 0. The molecule has 0 amide bonds. The third-order valence-electron chi connectivity index (χ3n) is 7.07. The fourth-order valence-electron chi connectivity index (χ4n) is 5.21. The van der Waals surface area contributed by atoms with Crippen LogP contribution >= 0.6 is 0 Å². The Morgan fingerprint density at radius 2 is 1.24 bits per heavy atom. The van der Waals surface area contributed by atoms with Gasteiger partial charge in [0.15, 0.2) is 0 Å². The summed E-state index contributed by atoms with van der Waals surface area (Å²) in [5, 5.41) is 0. The second-order valence-electron chi connectivity index (χ2n) is 11.7. The minimum Gasteiger partial charge on any atom is -1.00 e. The Labute approximate surface area is 222 Å². The molecule has 0 saturated heterocycles. The fraction of sp³-hybridized carbons (Fsp3) is 0.448. The molecule has 2 aromatic carbocycles. The van der Waals surface area contributed by atoms with Gasteiger partial charge >= 0.3 is 199 Å². The van der Waals surface area contributed by atoms with Crippen LogP contribution in [0.25, 0.3) is 11.1 Å². The van der Waals surface area contributed by atoms with E-state index >= 15 is 0 Å². The Hall–Kier alpha value is -0.400. The van der Waals surface area contributed by atoms with E-state index in [1.54, 1.807) is 16.7 Å². The van der Waals surface area contributed by atoms with Crippen molar-refractivity contribution in [1.82, 2.24) is 0 Å². The van der Waals surface area contributed by atoms with Gasteiger partial charge in [-0.1, -0.05) is 0 Å². The Bertz CT molecular complexity index is 1090. The Balaban J connectivity index is 0.00000193. The van der Waals surface area contributed by atoms with Gasteiger partial charge in [0.05, 0.1) is 0 Å². The summed E-state index contributed by atoms with van der Waals surface area (Å²) in [7, 11) is 0. The van der Waals surface area contributed by atoms with E-state index in [0.717, 1.165) is 0 Å². The molecule has 2 aliphatic rings. The smallest absolute Gasteiger partial charge is 1.00 e. The first-order valence-corrected chi connectivity index (χ1v) is 20.6. The van der Waals surface area contributed by atoms with Crippen LogP contribution in [0, 0.1) is 0 Å². The zero-order valence-electron chi connectivity index (χ0n) is 21.7. The fourth-order valence-corrected chi connectivity index (χ4v) is 24.3. The summed E-state index contributed by atoms with van der Waals surface area (Å²) in [5.41, 5.74) is 10.9. The van der Waals surface area contributed by atoms with Crippen molar-refractivity contribution in [2.45, 2.75) is 82.4 Å². The Kier molecular flexibility index (Phi) is 9.00. The molecular weight excluding hydrogens is 539 g/mol. The predicted molar refractivity (Wildman–Crippen MR) is 135 cm³/mol. The molecule has 0 aliphatic heterocycles. The number of rotatable bonds is 2. The summed E-state index contributed by atoms with van der Waals surface area (Å²) in [6, 6.07) is 14.9. The van der Waals surface area contributed by atoms with Crippen molar-refractivity contribution in [2.75, 3.05) is 0 Å². The minimum absolute atomic E-state index is 0. The average Bonchev–Trinajstić information content (AvgIpc) is 3.22. The maximum atomic E-state index is 2.61. The molecule has 0 radical (unpaired) electrons. The summed E-state index contributed by atoms with van der Waals surface area (Å²) in [6.07, 6.45) is 6.04. The number of fused-ring (bicyclic) bond motifs is 3. The van der Waals surface area contributed by atoms with Crippen molar-refractivity contribution in [3.8, 4) is 11.1 Å². The summed E-state index contributed by atoms with van der Waals surface area (Å²) in [4.78, 5) is 0. The average molecular weight is 577 g/mol. The van der Waals surface area contributed by atoms with Crippen LogP contribution in [0.1, 0.15) is 80.8 Å². The van der Waals surface area contributed by atoms with Crippen molar-refractivity contribution in [3.63, 3.8) is 0 Å². The van der Waals surface area contributed by atoms with E-state index < -0.39 is 20.4 Å².